The molecule has 0 spiro atoms. The normalized spacial score (nSPS) is 21.1. The van der Waals surface area contributed by atoms with E-state index in [1.807, 2.05) is 20.8 Å². The number of fused-ring (bicyclic) bond motifs is 3. The van der Waals surface area contributed by atoms with Crippen LogP contribution in [0, 0.1) is 5.82 Å². The zero-order valence-corrected chi connectivity index (χ0v) is 23.2. The minimum atomic E-state index is -0.654. The lowest BCUT2D eigenvalue weighted by atomic mass is 10.0. The predicted octanol–water partition coefficient (Wildman–Crippen LogP) is 4.32. The summed E-state index contributed by atoms with van der Waals surface area (Å²) >= 11 is 0. The Morgan fingerprint density at radius 2 is 1.83 bits per heavy atom. The van der Waals surface area contributed by atoms with Crippen molar-refractivity contribution in [2.45, 2.75) is 51.3 Å². The molecular formula is C29H32FN7O4. The molecule has 12 heteroatoms. The fourth-order valence-corrected chi connectivity index (χ4v) is 5.69. The van der Waals surface area contributed by atoms with Gasteiger partial charge in [0.2, 0.25) is 11.8 Å². The van der Waals surface area contributed by atoms with E-state index >= 15 is 0 Å². The molecule has 11 nitrogen and oxygen atoms in total. The lowest BCUT2D eigenvalue weighted by molar-refractivity contribution is 0.0540. The number of hydrogen-bond acceptors (Lipinski definition) is 8. The number of likely N-dealkylation sites (N-methyl/N-ethyl adjacent to an activating group) is 1. The molecule has 2 N–H and O–H groups in total. The number of carbonyl (C=O) groups is 2. The highest BCUT2D eigenvalue weighted by molar-refractivity contribution is 6.03. The number of hydrogen-bond donors (Lipinski definition) is 2. The second-order valence-electron chi connectivity index (χ2n) is 11.1. The summed E-state index contributed by atoms with van der Waals surface area (Å²) in [6, 6.07) is 8.06. The van der Waals surface area contributed by atoms with Crippen molar-refractivity contribution in [2.75, 3.05) is 41.8 Å². The number of pyridine rings is 1. The Morgan fingerprint density at radius 1 is 1.10 bits per heavy atom. The van der Waals surface area contributed by atoms with Gasteiger partial charge in [0.15, 0.2) is 5.82 Å². The smallest absolute Gasteiger partial charge is 0.323 e. The molecule has 2 unspecified atom stereocenters. The van der Waals surface area contributed by atoms with Crippen molar-refractivity contribution in [3.63, 3.8) is 0 Å². The number of nitrogens with one attached hydrogen (secondary N) is 2. The summed E-state index contributed by atoms with van der Waals surface area (Å²) < 4.78 is 26.1. The van der Waals surface area contributed by atoms with Crippen molar-refractivity contribution < 1.29 is 23.5 Å². The number of amides is 3. The highest BCUT2D eigenvalue weighted by atomic mass is 19.1. The first-order chi connectivity index (χ1) is 19.7. The molecule has 2 fully saturated rings. The molecular weight excluding hydrogens is 529 g/mol. The maximum Gasteiger partial charge on any atom is 0.323 e. The van der Waals surface area contributed by atoms with Gasteiger partial charge in [-0.2, -0.15) is 4.98 Å². The SMILES string of the molecule is CCN1CC(C)(C)Oc2nc(N3C4CCC3COC4)nc(-c3ccc(NC(=O)Nc4ccncc4F)cc3)c2C1=O. The van der Waals surface area contributed by atoms with Gasteiger partial charge in [0.05, 0.1) is 49.4 Å². The Labute approximate surface area is 237 Å². The van der Waals surface area contributed by atoms with Crippen LogP contribution in [0.3, 0.4) is 0 Å². The van der Waals surface area contributed by atoms with Crippen molar-refractivity contribution >= 4 is 29.3 Å². The average molecular weight is 562 g/mol. The molecule has 3 aromatic rings. The molecule has 6 rings (SSSR count). The van der Waals surface area contributed by atoms with Crippen LogP contribution in [0.25, 0.3) is 11.3 Å². The summed E-state index contributed by atoms with van der Waals surface area (Å²) in [6.45, 7) is 7.95. The number of urea groups is 1. The van der Waals surface area contributed by atoms with E-state index in [1.165, 1.54) is 12.3 Å². The third-order valence-electron chi connectivity index (χ3n) is 7.60. The molecule has 3 aliphatic heterocycles. The lowest BCUT2D eigenvalue weighted by Gasteiger charge is -2.35. The lowest BCUT2D eigenvalue weighted by Crippen LogP contribution is -2.47. The van der Waals surface area contributed by atoms with E-state index < -0.39 is 17.4 Å². The highest BCUT2D eigenvalue weighted by Crippen LogP contribution is 2.39. The molecule has 0 radical (unpaired) electrons. The van der Waals surface area contributed by atoms with Crippen molar-refractivity contribution in [3.8, 4) is 17.1 Å². The summed E-state index contributed by atoms with van der Waals surface area (Å²) in [4.78, 5) is 43.7. The molecule has 5 heterocycles. The van der Waals surface area contributed by atoms with Gasteiger partial charge in [0.1, 0.15) is 11.2 Å². The molecule has 3 amide bonds. The summed E-state index contributed by atoms with van der Waals surface area (Å²) in [7, 11) is 0. The first-order valence-corrected chi connectivity index (χ1v) is 13.8. The van der Waals surface area contributed by atoms with Gasteiger partial charge in [-0.3, -0.25) is 9.78 Å². The molecule has 2 atom stereocenters. The molecule has 2 aromatic heterocycles. The summed E-state index contributed by atoms with van der Waals surface area (Å²) in [6.07, 6.45) is 4.39. The highest BCUT2D eigenvalue weighted by Gasteiger charge is 2.42. The second-order valence-corrected chi connectivity index (χ2v) is 11.1. The van der Waals surface area contributed by atoms with Crippen LogP contribution in [0.15, 0.2) is 42.7 Å². The molecule has 2 saturated heterocycles. The van der Waals surface area contributed by atoms with Crippen LogP contribution in [-0.2, 0) is 4.74 Å². The zero-order chi connectivity index (χ0) is 28.7. The number of anilines is 3. The molecule has 0 aliphatic carbocycles. The van der Waals surface area contributed by atoms with E-state index in [2.05, 4.69) is 20.5 Å². The average Bonchev–Trinajstić information content (AvgIpc) is 3.14. The van der Waals surface area contributed by atoms with Crippen molar-refractivity contribution in [3.05, 3.63) is 54.1 Å². The van der Waals surface area contributed by atoms with E-state index in [1.54, 1.807) is 29.2 Å². The molecule has 41 heavy (non-hydrogen) atoms. The zero-order valence-electron chi connectivity index (χ0n) is 23.2. The van der Waals surface area contributed by atoms with Crippen LogP contribution in [0.5, 0.6) is 5.88 Å². The Balaban J connectivity index is 1.36. The second kappa shape index (κ2) is 10.6. The van der Waals surface area contributed by atoms with Crippen LogP contribution in [0.2, 0.25) is 0 Å². The maximum absolute atomic E-state index is 13.9. The molecule has 0 saturated carbocycles. The number of morpholine rings is 1. The van der Waals surface area contributed by atoms with Gasteiger partial charge in [-0.1, -0.05) is 12.1 Å². The Hall–Kier alpha value is -4.32. The first-order valence-electron chi connectivity index (χ1n) is 13.8. The monoisotopic (exact) mass is 561 g/mol. The topological polar surface area (TPSA) is 122 Å². The van der Waals surface area contributed by atoms with Crippen LogP contribution in [0.1, 0.15) is 44.0 Å². The number of carbonyl (C=O) groups excluding carboxylic acids is 2. The molecule has 1 aromatic carbocycles. The van der Waals surface area contributed by atoms with Crippen molar-refractivity contribution in [1.29, 1.82) is 0 Å². The van der Waals surface area contributed by atoms with E-state index in [-0.39, 0.29) is 29.6 Å². The van der Waals surface area contributed by atoms with E-state index in [4.69, 9.17) is 19.4 Å². The van der Waals surface area contributed by atoms with Crippen LogP contribution in [0.4, 0.5) is 26.5 Å². The molecule has 2 bridgehead atoms. The number of rotatable bonds is 5. The summed E-state index contributed by atoms with van der Waals surface area (Å²) in [5, 5.41) is 5.16. The number of benzene rings is 1. The van der Waals surface area contributed by atoms with Crippen LogP contribution >= 0.6 is 0 Å². The van der Waals surface area contributed by atoms with E-state index in [9.17, 15) is 14.0 Å². The number of aromatic nitrogens is 3. The first kappa shape index (κ1) is 26.9. The Kier molecular flexibility index (Phi) is 6.94. The van der Waals surface area contributed by atoms with E-state index in [0.29, 0.717) is 54.8 Å². The number of nitrogens with zero attached hydrogens (tertiary/aromatic N) is 5. The Morgan fingerprint density at radius 3 is 2.51 bits per heavy atom. The van der Waals surface area contributed by atoms with Crippen molar-refractivity contribution in [2.24, 2.45) is 0 Å². The van der Waals surface area contributed by atoms with Gasteiger partial charge in [0, 0.05) is 24.0 Å². The number of halogens is 1. The number of ether oxygens (including phenoxy) is 2. The van der Waals surface area contributed by atoms with Gasteiger partial charge < -0.3 is 29.9 Å². The third kappa shape index (κ3) is 5.26. The van der Waals surface area contributed by atoms with Crippen LogP contribution < -0.4 is 20.3 Å². The van der Waals surface area contributed by atoms with Gasteiger partial charge in [-0.25, -0.2) is 14.2 Å². The summed E-state index contributed by atoms with van der Waals surface area (Å²) in [5.41, 5.74) is 1.29. The fraction of sp³-hybridized carbons (Fsp3) is 0.414. The Bertz CT molecular complexity index is 1470. The van der Waals surface area contributed by atoms with Crippen molar-refractivity contribution in [1.82, 2.24) is 19.9 Å². The largest absolute Gasteiger partial charge is 0.469 e. The standard InChI is InChI=1S/C29H32FN7O4/c1-4-36-16-29(2,3)41-25-23(26(36)38)24(34-27(35-25)37-19-9-10-20(37)15-40-14-19)17-5-7-18(8-6-17)32-28(39)33-22-11-12-31-13-21(22)30/h5-8,11-13,19-20H,4,9-10,14-16H2,1-3H3,(H2,31,32,33,39). The maximum atomic E-state index is 13.9. The van der Waals surface area contributed by atoms with Gasteiger partial charge in [-0.05, 0) is 51.8 Å². The predicted molar refractivity (Wildman–Crippen MR) is 151 cm³/mol. The summed E-state index contributed by atoms with van der Waals surface area (Å²) in [5.74, 6) is -0.0458. The molecule has 214 valence electrons. The molecule has 3 aliphatic rings. The van der Waals surface area contributed by atoms with Gasteiger partial charge in [-0.15, -0.1) is 0 Å². The minimum Gasteiger partial charge on any atom is -0.469 e. The third-order valence-corrected chi connectivity index (χ3v) is 7.60. The van der Waals surface area contributed by atoms with Gasteiger partial charge in [0.25, 0.3) is 5.91 Å². The van der Waals surface area contributed by atoms with Gasteiger partial charge >= 0.3 is 6.03 Å². The van der Waals surface area contributed by atoms with E-state index in [0.717, 1.165) is 19.0 Å². The fourth-order valence-electron chi connectivity index (χ4n) is 5.69. The minimum absolute atomic E-state index is 0.0179. The van der Waals surface area contributed by atoms with Crippen LogP contribution in [-0.4, -0.2) is 75.8 Å². The quantitative estimate of drug-likeness (QED) is 0.472.